The minimum Gasteiger partial charge on any atom is -0.333 e. The lowest BCUT2D eigenvalue weighted by atomic mass is 9.17. The lowest BCUT2D eigenvalue weighted by Gasteiger charge is -2.40. The molecule has 0 N–H and O–H groups in total. The summed E-state index contributed by atoms with van der Waals surface area (Å²) in [6.45, 7) is 9.40. The van der Waals surface area contributed by atoms with Gasteiger partial charge in [0.25, 0.3) is 0 Å². The van der Waals surface area contributed by atoms with Crippen molar-refractivity contribution in [2.24, 2.45) is 0 Å². The van der Waals surface area contributed by atoms with Crippen LogP contribution in [0, 0.1) is 0 Å². The molecule has 0 saturated carbocycles. The Bertz CT molecular complexity index is 327. The van der Waals surface area contributed by atoms with E-state index in [4.69, 9.17) is 0 Å². The van der Waals surface area contributed by atoms with Gasteiger partial charge in [0, 0.05) is 6.15 Å². The molecule has 0 amide bonds. The van der Waals surface area contributed by atoms with Crippen molar-refractivity contribution in [3.8, 4) is 0 Å². The number of hydrogen-bond donors (Lipinski definition) is 0. The highest BCUT2D eigenvalue weighted by molar-refractivity contribution is 6.79. The summed E-state index contributed by atoms with van der Waals surface area (Å²) in [6, 6.07) is 0. The van der Waals surface area contributed by atoms with E-state index in [1.165, 1.54) is 128 Å². The predicted molar refractivity (Wildman–Crippen MR) is 164 cm³/mol. The molecule has 0 fully saturated rings. The fraction of sp³-hybridized carbons (Fsp3) is 1.00. The Labute approximate surface area is 220 Å². The minimum atomic E-state index is -0.0800. The van der Waals surface area contributed by atoms with Gasteiger partial charge in [0.05, 0.1) is 28.2 Å². The van der Waals surface area contributed by atoms with Gasteiger partial charge in [0.1, 0.15) is 0 Å². The molecule has 0 aromatic rings. The Morgan fingerprint density at radius 3 is 0.794 bits per heavy atom. The summed E-state index contributed by atoms with van der Waals surface area (Å²) in [4.78, 5) is 0. The van der Waals surface area contributed by atoms with Gasteiger partial charge < -0.3 is 4.48 Å². The van der Waals surface area contributed by atoms with Gasteiger partial charge in [-0.15, -0.1) is 0 Å². The van der Waals surface area contributed by atoms with Crippen molar-refractivity contribution in [2.75, 3.05) is 28.2 Å². The molecular formula is C32H72BN. The molecule has 2 heteroatoms. The average molecular weight is 482 g/mol. The van der Waals surface area contributed by atoms with Gasteiger partial charge in [-0.2, -0.15) is 25.3 Å². The molecule has 0 aromatic carbocycles. The van der Waals surface area contributed by atoms with Crippen molar-refractivity contribution in [1.82, 2.24) is 0 Å². The SMILES string of the molecule is CCCCCCCC[B-](CCCC)(CCCCCCCC)CCCCCCCC.C[N+](C)(C)C. The molecule has 0 heterocycles. The van der Waals surface area contributed by atoms with Crippen molar-refractivity contribution < 1.29 is 4.48 Å². The highest BCUT2D eigenvalue weighted by Gasteiger charge is 2.22. The zero-order valence-corrected chi connectivity index (χ0v) is 26.0. The molecule has 0 unspecified atom stereocenters. The van der Waals surface area contributed by atoms with Crippen LogP contribution >= 0.6 is 0 Å². The van der Waals surface area contributed by atoms with E-state index >= 15 is 0 Å². The lowest BCUT2D eigenvalue weighted by Crippen LogP contribution is -2.33. The molecule has 0 rings (SSSR count). The molecule has 34 heavy (non-hydrogen) atoms. The van der Waals surface area contributed by atoms with Crippen LogP contribution in [-0.2, 0) is 0 Å². The maximum absolute atomic E-state index is 2.40. The van der Waals surface area contributed by atoms with Crippen LogP contribution in [0.1, 0.15) is 156 Å². The van der Waals surface area contributed by atoms with Crippen LogP contribution in [-0.4, -0.2) is 38.8 Å². The first-order valence-electron chi connectivity index (χ1n) is 16.3. The topological polar surface area (TPSA) is 0 Å². The number of hydrogen-bond acceptors (Lipinski definition) is 0. The molecule has 0 bridgehead atoms. The Kier molecular flexibility index (Phi) is 27.8. The average Bonchev–Trinajstić information content (AvgIpc) is 2.78. The second kappa shape index (κ2) is 26.1. The van der Waals surface area contributed by atoms with Crippen LogP contribution in [0.2, 0.25) is 25.3 Å². The molecule has 0 aromatic heterocycles. The van der Waals surface area contributed by atoms with E-state index in [1.807, 2.05) is 0 Å². The van der Waals surface area contributed by atoms with Crippen molar-refractivity contribution >= 4 is 6.15 Å². The zero-order valence-electron chi connectivity index (χ0n) is 26.0. The normalized spacial score (nSPS) is 12.0. The minimum absolute atomic E-state index is 0.0800. The quantitative estimate of drug-likeness (QED) is 0.0730. The number of unbranched alkanes of at least 4 members (excludes halogenated alkanes) is 16. The molecule has 0 spiro atoms. The maximum atomic E-state index is 2.40. The predicted octanol–water partition coefficient (Wildman–Crippen LogP) is 11.6. The Hall–Kier alpha value is 0.0249. The first kappa shape index (κ1) is 36.2. The van der Waals surface area contributed by atoms with Crippen LogP contribution < -0.4 is 0 Å². The standard InChI is InChI=1S/C28H60B.C4H12N/c1-5-9-13-16-19-22-26-29(25-12-8-4,27-23-20-17-14-10-6-2)28-24-21-18-15-11-7-3;1-5(2,3)4/h5-28H2,1-4H3;1-4H3/q-1;+1. The van der Waals surface area contributed by atoms with Gasteiger partial charge in [0.15, 0.2) is 0 Å². The van der Waals surface area contributed by atoms with Crippen LogP contribution in [0.25, 0.3) is 0 Å². The van der Waals surface area contributed by atoms with Gasteiger partial charge in [-0.25, -0.2) is 0 Å². The molecule has 0 aliphatic rings. The first-order valence-corrected chi connectivity index (χ1v) is 16.3. The van der Waals surface area contributed by atoms with Gasteiger partial charge in [-0.05, 0) is 0 Å². The molecule has 208 valence electrons. The molecule has 0 atom stereocenters. The Morgan fingerprint density at radius 1 is 0.324 bits per heavy atom. The van der Waals surface area contributed by atoms with Gasteiger partial charge in [-0.1, -0.05) is 156 Å². The summed E-state index contributed by atoms with van der Waals surface area (Å²) < 4.78 is 1.00. The van der Waals surface area contributed by atoms with Crippen molar-refractivity contribution in [1.29, 1.82) is 0 Å². The highest BCUT2D eigenvalue weighted by atomic mass is 15.2. The van der Waals surface area contributed by atoms with E-state index in [9.17, 15) is 0 Å². The first-order chi connectivity index (χ1) is 16.2. The maximum Gasteiger partial charge on any atom is 0.0675 e. The third-order valence-electron chi connectivity index (χ3n) is 7.68. The van der Waals surface area contributed by atoms with Crippen LogP contribution in [0.4, 0.5) is 0 Å². The van der Waals surface area contributed by atoms with Crippen molar-refractivity contribution in [3.05, 3.63) is 0 Å². The summed E-state index contributed by atoms with van der Waals surface area (Å²) in [5.41, 5.74) is 0. The molecule has 1 nitrogen and oxygen atoms in total. The van der Waals surface area contributed by atoms with Gasteiger partial charge in [0.2, 0.25) is 0 Å². The molecule has 0 radical (unpaired) electrons. The number of quaternary nitrogens is 1. The van der Waals surface area contributed by atoms with E-state index in [0.29, 0.717) is 0 Å². The van der Waals surface area contributed by atoms with E-state index in [2.05, 4.69) is 55.9 Å². The Morgan fingerprint density at radius 2 is 0.529 bits per heavy atom. The summed E-state index contributed by atoms with van der Waals surface area (Å²) in [5.74, 6) is 0. The number of nitrogens with zero attached hydrogens (tertiary/aromatic N) is 1. The van der Waals surface area contributed by atoms with Crippen LogP contribution in [0.5, 0.6) is 0 Å². The van der Waals surface area contributed by atoms with Crippen molar-refractivity contribution in [2.45, 2.75) is 181 Å². The van der Waals surface area contributed by atoms with E-state index in [-0.39, 0.29) is 6.15 Å². The second-order valence-electron chi connectivity index (χ2n) is 13.2. The third kappa shape index (κ3) is 30.1. The largest absolute Gasteiger partial charge is 0.333 e. The van der Waals surface area contributed by atoms with E-state index < -0.39 is 0 Å². The lowest BCUT2D eigenvalue weighted by molar-refractivity contribution is -0.849. The van der Waals surface area contributed by atoms with E-state index in [0.717, 1.165) is 4.48 Å². The summed E-state index contributed by atoms with van der Waals surface area (Å²) in [5, 5.41) is 0. The van der Waals surface area contributed by atoms with Crippen LogP contribution in [0.15, 0.2) is 0 Å². The van der Waals surface area contributed by atoms with Crippen LogP contribution in [0.3, 0.4) is 0 Å². The fourth-order valence-electron chi connectivity index (χ4n) is 5.58. The Balaban J connectivity index is 0. The fourth-order valence-corrected chi connectivity index (χ4v) is 5.58. The smallest absolute Gasteiger partial charge is 0.0675 e. The second-order valence-corrected chi connectivity index (χ2v) is 13.2. The molecule has 0 aliphatic carbocycles. The van der Waals surface area contributed by atoms with Gasteiger partial charge >= 0.3 is 0 Å². The zero-order chi connectivity index (χ0) is 26.0. The summed E-state index contributed by atoms with van der Waals surface area (Å²) in [6.07, 6.45) is 35.6. The molecule has 0 aliphatic heterocycles. The number of rotatable bonds is 24. The third-order valence-corrected chi connectivity index (χ3v) is 7.68. The molecule has 0 saturated heterocycles. The van der Waals surface area contributed by atoms with Crippen molar-refractivity contribution in [3.63, 3.8) is 0 Å². The van der Waals surface area contributed by atoms with E-state index in [1.54, 1.807) is 25.3 Å². The van der Waals surface area contributed by atoms with Gasteiger partial charge in [-0.3, -0.25) is 0 Å². The highest BCUT2D eigenvalue weighted by Crippen LogP contribution is 2.34. The monoisotopic (exact) mass is 482 g/mol. The summed E-state index contributed by atoms with van der Waals surface area (Å²) >= 11 is 0. The summed E-state index contributed by atoms with van der Waals surface area (Å²) in [7, 11) is 8.50. The molecular weight excluding hydrogens is 409 g/mol.